The van der Waals surface area contributed by atoms with Crippen LogP contribution in [-0.2, 0) is 16.8 Å². The quantitative estimate of drug-likeness (QED) is 0.596. The molecule has 0 aromatic heterocycles. The number of isocyanates is 1. The summed E-state index contributed by atoms with van der Waals surface area (Å²) >= 11 is 1.94. The van der Waals surface area contributed by atoms with Gasteiger partial charge in [-0.05, 0) is 42.6 Å². The number of aliphatic imine (C=N–C) groups is 1. The molecule has 1 aliphatic heterocycles. The maximum atomic E-state index is 10.8. The number of thioether (sulfide) groups is 1. The van der Waals surface area contributed by atoms with Gasteiger partial charge in [0, 0.05) is 4.90 Å². The molecule has 1 saturated carbocycles. The monoisotopic (exact) mass is 259 g/mol. The zero-order valence-electron chi connectivity index (χ0n) is 10.4. The van der Waals surface area contributed by atoms with E-state index >= 15 is 0 Å². The predicted molar refractivity (Wildman–Crippen MR) is 73.8 cm³/mol. The second-order valence-electron chi connectivity index (χ2n) is 5.19. The highest BCUT2D eigenvalue weighted by Crippen LogP contribution is 2.47. The van der Waals surface area contributed by atoms with Crippen LogP contribution < -0.4 is 0 Å². The molecule has 0 spiro atoms. The van der Waals surface area contributed by atoms with Crippen molar-refractivity contribution in [3.8, 4) is 0 Å². The van der Waals surface area contributed by atoms with Crippen LogP contribution in [0.15, 0.2) is 28.1 Å². The van der Waals surface area contributed by atoms with Gasteiger partial charge in [0.1, 0.15) is 0 Å². The first-order valence-corrected chi connectivity index (χ1v) is 7.68. The fourth-order valence-electron chi connectivity index (χ4n) is 3.24. The van der Waals surface area contributed by atoms with Gasteiger partial charge < -0.3 is 0 Å². The van der Waals surface area contributed by atoms with Crippen LogP contribution in [0.25, 0.3) is 0 Å². The van der Waals surface area contributed by atoms with E-state index in [1.807, 2.05) is 17.8 Å². The summed E-state index contributed by atoms with van der Waals surface area (Å²) in [4.78, 5) is 16.4. The molecule has 1 aliphatic carbocycles. The minimum absolute atomic E-state index is 0.266. The van der Waals surface area contributed by atoms with Gasteiger partial charge in [0.2, 0.25) is 6.08 Å². The molecule has 2 nitrogen and oxygen atoms in total. The Bertz CT molecular complexity index is 499. The third-order valence-electron chi connectivity index (χ3n) is 4.13. The molecule has 2 aliphatic rings. The van der Waals surface area contributed by atoms with Crippen molar-refractivity contribution in [3.05, 3.63) is 29.3 Å². The molecule has 1 aromatic carbocycles. The van der Waals surface area contributed by atoms with Gasteiger partial charge in [-0.15, -0.1) is 11.8 Å². The minimum Gasteiger partial charge on any atom is -0.211 e. The van der Waals surface area contributed by atoms with Crippen molar-refractivity contribution in [2.45, 2.75) is 49.0 Å². The van der Waals surface area contributed by atoms with Crippen LogP contribution in [0.5, 0.6) is 0 Å². The summed E-state index contributed by atoms with van der Waals surface area (Å²) in [5, 5.41) is 0. The third-order valence-corrected chi connectivity index (χ3v) is 5.39. The first-order chi connectivity index (χ1) is 8.86. The molecule has 18 heavy (non-hydrogen) atoms. The van der Waals surface area contributed by atoms with Crippen molar-refractivity contribution < 1.29 is 4.79 Å². The fraction of sp³-hybridized carbons (Fsp3) is 0.533. The summed E-state index contributed by atoms with van der Waals surface area (Å²) in [6.07, 6.45) is 8.57. The van der Waals surface area contributed by atoms with Crippen molar-refractivity contribution in [2.24, 2.45) is 4.99 Å². The summed E-state index contributed by atoms with van der Waals surface area (Å²) in [6.45, 7) is 0. The van der Waals surface area contributed by atoms with E-state index in [9.17, 15) is 4.79 Å². The summed E-state index contributed by atoms with van der Waals surface area (Å²) in [5.74, 6) is 1.19. The highest BCUT2D eigenvalue weighted by molar-refractivity contribution is 7.99. The Morgan fingerprint density at radius 3 is 2.83 bits per heavy atom. The summed E-state index contributed by atoms with van der Waals surface area (Å²) in [6, 6.07) is 6.52. The van der Waals surface area contributed by atoms with Crippen LogP contribution in [0, 0.1) is 0 Å². The molecule has 94 valence electrons. The van der Waals surface area contributed by atoms with Gasteiger partial charge in [-0.2, -0.15) is 4.99 Å². The molecule has 1 heterocycles. The lowest BCUT2D eigenvalue weighted by Gasteiger charge is -2.28. The maximum Gasteiger partial charge on any atom is 0.235 e. The number of hydrogen-bond donors (Lipinski definition) is 0. The second-order valence-corrected chi connectivity index (χ2v) is 6.29. The summed E-state index contributed by atoms with van der Waals surface area (Å²) in [5.41, 5.74) is 2.46. The van der Waals surface area contributed by atoms with E-state index in [-0.39, 0.29) is 5.54 Å². The molecule has 3 heteroatoms. The van der Waals surface area contributed by atoms with Gasteiger partial charge in [-0.1, -0.05) is 31.0 Å². The van der Waals surface area contributed by atoms with Crippen LogP contribution in [0.1, 0.15) is 43.2 Å². The first kappa shape index (κ1) is 12.0. The predicted octanol–water partition coefficient (Wildman–Crippen LogP) is 3.83. The number of aryl methyl sites for hydroxylation is 1. The number of nitrogens with zero attached hydrogens (tertiary/aromatic N) is 1. The van der Waals surface area contributed by atoms with Crippen molar-refractivity contribution >= 4 is 17.8 Å². The van der Waals surface area contributed by atoms with Crippen LogP contribution >= 0.6 is 11.8 Å². The molecule has 0 bridgehead atoms. The van der Waals surface area contributed by atoms with Gasteiger partial charge in [-0.25, -0.2) is 4.79 Å². The van der Waals surface area contributed by atoms with Crippen LogP contribution in [0.4, 0.5) is 0 Å². The minimum atomic E-state index is -0.266. The van der Waals surface area contributed by atoms with Crippen molar-refractivity contribution in [1.82, 2.24) is 0 Å². The summed E-state index contributed by atoms with van der Waals surface area (Å²) < 4.78 is 0. The molecule has 0 unspecified atom stereocenters. The lowest BCUT2D eigenvalue weighted by molar-refractivity contribution is 0.447. The molecule has 0 atom stereocenters. The maximum absolute atomic E-state index is 10.8. The number of benzene rings is 1. The third kappa shape index (κ3) is 1.92. The zero-order chi connectivity index (χ0) is 12.4. The lowest BCUT2D eigenvalue weighted by Crippen LogP contribution is -2.21. The van der Waals surface area contributed by atoms with Crippen molar-refractivity contribution in [2.75, 3.05) is 5.75 Å². The van der Waals surface area contributed by atoms with Gasteiger partial charge in [0.15, 0.2) is 0 Å². The van der Waals surface area contributed by atoms with Crippen LogP contribution in [0.3, 0.4) is 0 Å². The van der Waals surface area contributed by atoms with Gasteiger partial charge in [-0.3, -0.25) is 0 Å². The van der Waals surface area contributed by atoms with E-state index in [4.69, 9.17) is 0 Å². The molecular weight excluding hydrogens is 242 g/mol. The molecule has 0 amide bonds. The Labute approximate surface area is 112 Å². The zero-order valence-corrected chi connectivity index (χ0v) is 11.3. The largest absolute Gasteiger partial charge is 0.235 e. The Morgan fingerprint density at radius 2 is 2.06 bits per heavy atom. The van der Waals surface area contributed by atoms with Gasteiger partial charge in [0.25, 0.3) is 0 Å². The highest BCUT2D eigenvalue weighted by atomic mass is 32.2. The van der Waals surface area contributed by atoms with E-state index in [2.05, 4.69) is 23.2 Å². The van der Waals surface area contributed by atoms with Crippen LogP contribution in [0.2, 0.25) is 0 Å². The number of rotatable bonds is 2. The Hall–Kier alpha value is -1.05. The average Bonchev–Trinajstić information content (AvgIpc) is 2.88. The van der Waals surface area contributed by atoms with E-state index < -0.39 is 0 Å². The van der Waals surface area contributed by atoms with Crippen molar-refractivity contribution in [1.29, 1.82) is 0 Å². The fourth-order valence-corrected chi connectivity index (χ4v) is 4.51. The standard InChI is InChI=1S/C15H17NOS/c17-11-16-15(8-1-2-9-15)13-7-3-5-12-6-4-10-18-14(12)13/h3,5,7H,1-2,4,6,8-10H2. The Balaban J connectivity index is 2.12. The topological polar surface area (TPSA) is 29.4 Å². The van der Waals surface area contributed by atoms with E-state index in [0.717, 1.165) is 19.3 Å². The molecule has 1 aromatic rings. The number of hydrogen-bond acceptors (Lipinski definition) is 3. The Morgan fingerprint density at radius 1 is 1.22 bits per heavy atom. The number of fused-ring (bicyclic) bond motifs is 1. The normalized spacial score (nSPS) is 21.1. The smallest absolute Gasteiger partial charge is 0.211 e. The molecule has 3 rings (SSSR count). The Kier molecular flexibility index (Phi) is 3.27. The molecule has 0 N–H and O–H groups in total. The van der Waals surface area contributed by atoms with E-state index in [1.165, 1.54) is 41.0 Å². The van der Waals surface area contributed by atoms with Crippen LogP contribution in [-0.4, -0.2) is 11.8 Å². The highest BCUT2D eigenvalue weighted by Gasteiger charge is 2.38. The number of carbonyl (C=O) groups excluding carboxylic acids is 1. The average molecular weight is 259 g/mol. The first-order valence-electron chi connectivity index (χ1n) is 6.70. The SMILES string of the molecule is O=C=NC1(c2cccc3c2SCCC3)CCCC1. The lowest BCUT2D eigenvalue weighted by atomic mass is 9.87. The van der Waals surface area contributed by atoms with Gasteiger partial charge >= 0.3 is 0 Å². The molecule has 1 fully saturated rings. The van der Waals surface area contributed by atoms with Gasteiger partial charge in [0.05, 0.1) is 5.54 Å². The molecular formula is C15H17NOS. The summed E-state index contributed by atoms with van der Waals surface area (Å²) in [7, 11) is 0. The van der Waals surface area contributed by atoms with Crippen molar-refractivity contribution in [3.63, 3.8) is 0 Å². The van der Waals surface area contributed by atoms with E-state index in [0.29, 0.717) is 0 Å². The molecule has 0 saturated heterocycles. The molecule has 0 radical (unpaired) electrons. The second kappa shape index (κ2) is 4.91. The van der Waals surface area contributed by atoms with E-state index in [1.54, 1.807) is 0 Å².